The summed E-state index contributed by atoms with van der Waals surface area (Å²) in [6.45, 7) is 1.65. The van der Waals surface area contributed by atoms with Crippen LogP contribution in [0.1, 0.15) is 14.4 Å². The molecule has 1 heterocycles. The number of carbonyl (C=O) groups is 2. The minimum atomic E-state index is -3.33. The minimum Gasteiger partial charge on any atom is -0.412 e. The summed E-state index contributed by atoms with van der Waals surface area (Å²) >= 11 is 12.1. The van der Waals surface area contributed by atoms with Crippen LogP contribution >= 0.6 is 36.9 Å². The number of nitrogens with two attached hydrogens (primary N) is 2. The number of halogens is 1. The number of thiol groups is 2. The van der Waals surface area contributed by atoms with Gasteiger partial charge in [0.15, 0.2) is 9.84 Å². The molecule has 0 bridgehead atoms. The van der Waals surface area contributed by atoms with E-state index in [1.807, 2.05) is 12.1 Å². The number of aromatic amines is 1. The monoisotopic (exact) mass is 560 g/mol. The quantitative estimate of drug-likeness (QED) is 0.237. The van der Waals surface area contributed by atoms with Crippen LogP contribution in [0.2, 0.25) is 5.02 Å². The van der Waals surface area contributed by atoms with Gasteiger partial charge in [0, 0.05) is 22.4 Å². The first kappa shape index (κ1) is 36.6. The maximum Gasteiger partial charge on any atom is 0.273 e. The summed E-state index contributed by atoms with van der Waals surface area (Å²) in [5.41, 5.74) is 11.7. The van der Waals surface area contributed by atoms with Crippen molar-refractivity contribution in [1.29, 1.82) is 0 Å². The van der Waals surface area contributed by atoms with Gasteiger partial charge in [0.05, 0.1) is 16.8 Å². The van der Waals surface area contributed by atoms with E-state index in [1.165, 1.54) is 6.26 Å². The van der Waals surface area contributed by atoms with Gasteiger partial charge in [-0.25, -0.2) is 8.42 Å². The minimum absolute atomic E-state index is 0. The fraction of sp³-hybridized carbons (Fsp3) is 0.136. The van der Waals surface area contributed by atoms with Gasteiger partial charge in [-0.3, -0.25) is 14.7 Å². The number of sulfone groups is 1. The lowest BCUT2D eigenvalue weighted by atomic mass is 10.0. The topological polar surface area (TPSA) is 180 Å². The Bertz CT molecular complexity index is 1190. The van der Waals surface area contributed by atoms with Gasteiger partial charge in [0.2, 0.25) is 0 Å². The van der Waals surface area contributed by atoms with Gasteiger partial charge in [-0.1, -0.05) is 74.6 Å². The van der Waals surface area contributed by atoms with Gasteiger partial charge < -0.3 is 16.9 Å². The van der Waals surface area contributed by atoms with E-state index < -0.39 is 20.3 Å². The Labute approximate surface area is 221 Å². The van der Waals surface area contributed by atoms with Crippen LogP contribution in [0.15, 0.2) is 59.6 Å². The molecule has 2 amide bonds. The molecule has 0 radical (unpaired) electrons. The molecule has 3 rings (SSSR count). The summed E-state index contributed by atoms with van der Waals surface area (Å²) in [6, 6.07) is 14.2. The molecule has 2 aromatic carbocycles. The third kappa shape index (κ3) is 14.8. The Kier molecular flexibility index (Phi) is 19.2. The maximum atomic E-state index is 12.0. The zero-order chi connectivity index (χ0) is 25.6. The van der Waals surface area contributed by atoms with Crippen molar-refractivity contribution in [2.45, 2.75) is 19.2 Å². The number of amides is 2. The van der Waals surface area contributed by atoms with Crippen molar-refractivity contribution in [2.24, 2.45) is 11.5 Å². The van der Waals surface area contributed by atoms with E-state index in [0.717, 1.165) is 11.1 Å². The largest absolute Gasteiger partial charge is 0.412 e. The summed E-state index contributed by atoms with van der Waals surface area (Å²) in [5, 5.41) is 6.33. The number of hydrogen-bond acceptors (Lipinski definition) is 5. The number of benzene rings is 2. The van der Waals surface area contributed by atoms with Crippen molar-refractivity contribution in [3.63, 3.8) is 0 Å². The first-order chi connectivity index (χ1) is 15.3. The maximum absolute atomic E-state index is 12.0. The van der Waals surface area contributed by atoms with Gasteiger partial charge in [-0.05, 0) is 30.7 Å². The molecule has 1 aromatic heterocycles. The Morgan fingerprint density at radius 1 is 1.03 bits per heavy atom. The summed E-state index contributed by atoms with van der Waals surface area (Å²) in [4.78, 5) is 18.4. The first-order valence-corrected chi connectivity index (χ1v) is 11.9. The molecule has 13 heteroatoms. The van der Waals surface area contributed by atoms with Gasteiger partial charge in [-0.2, -0.15) is 5.10 Å². The smallest absolute Gasteiger partial charge is 0.273 e. The van der Waals surface area contributed by atoms with E-state index in [-0.39, 0.29) is 17.8 Å². The van der Waals surface area contributed by atoms with Gasteiger partial charge in [-0.15, -0.1) is 12.3 Å². The summed E-state index contributed by atoms with van der Waals surface area (Å²) < 4.78 is 24.0. The van der Waals surface area contributed by atoms with Crippen LogP contribution in [0.5, 0.6) is 0 Å². The SMILES string of the molecule is C.C#CC.CS(=O)(=O)c1ccccc1-c1[nH]ncc1-c1ccc(Cl)cc1.NC(=O)S.NC(=O)S.O. The molecule has 3 aromatic rings. The molecule has 0 aliphatic heterocycles. The molecule has 0 aliphatic rings. The lowest BCUT2D eigenvalue weighted by Gasteiger charge is -2.08. The highest BCUT2D eigenvalue weighted by atomic mass is 35.5. The Hall–Kier alpha value is -2.95. The number of hydrogen-bond donors (Lipinski definition) is 5. The van der Waals surface area contributed by atoms with Crippen molar-refractivity contribution in [3.8, 4) is 34.7 Å². The van der Waals surface area contributed by atoms with E-state index in [1.54, 1.807) is 49.5 Å². The van der Waals surface area contributed by atoms with E-state index in [0.29, 0.717) is 16.3 Å². The number of nitrogens with zero attached hydrogens (tertiary/aromatic N) is 1. The molecule has 0 atom stereocenters. The Morgan fingerprint density at radius 2 is 1.46 bits per heavy atom. The molecule has 9 nitrogen and oxygen atoms in total. The van der Waals surface area contributed by atoms with Crippen LogP contribution in [0.4, 0.5) is 9.59 Å². The number of primary amides is 2. The molecule has 0 aliphatic carbocycles. The molecule has 7 N–H and O–H groups in total. The van der Waals surface area contributed by atoms with E-state index in [4.69, 9.17) is 21.2 Å². The summed E-state index contributed by atoms with van der Waals surface area (Å²) in [7, 11) is -3.33. The highest BCUT2D eigenvalue weighted by Crippen LogP contribution is 2.34. The number of carbonyl (C=O) groups excluding carboxylic acids is 2. The zero-order valence-electron chi connectivity index (χ0n) is 18.2. The second-order valence-electron chi connectivity index (χ2n) is 5.90. The first-order valence-electron chi connectivity index (χ1n) is 8.78. The highest BCUT2D eigenvalue weighted by Gasteiger charge is 2.18. The van der Waals surface area contributed by atoms with E-state index >= 15 is 0 Å². The van der Waals surface area contributed by atoms with Crippen LogP contribution in [0, 0.1) is 12.3 Å². The average Bonchev–Trinajstić information content (AvgIpc) is 3.17. The van der Waals surface area contributed by atoms with E-state index in [9.17, 15) is 8.42 Å². The molecule has 0 unspecified atom stereocenters. The number of terminal acetylenes is 1. The molecule has 0 saturated heterocycles. The lowest BCUT2D eigenvalue weighted by molar-refractivity contribution is 0.266. The number of H-pyrrole nitrogens is 1. The Morgan fingerprint density at radius 3 is 1.89 bits per heavy atom. The molecule has 0 fully saturated rings. The highest BCUT2D eigenvalue weighted by molar-refractivity contribution is 7.96. The van der Waals surface area contributed by atoms with Crippen molar-refractivity contribution in [3.05, 3.63) is 59.8 Å². The third-order valence-electron chi connectivity index (χ3n) is 3.35. The van der Waals surface area contributed by atoms with Crippen LogP contribution in [0.25, 0.3) is 22.4 Å². The van der Waals surface area contributed by atoms with Crippen molar-refractivity contribution in [1.82, 2.24) is 10.2 Å². The predicted molar refractivity (Wildman–Crippen MR) is 150 cm³/mol. The standard InChI is InChI=1S/C16H13ClN2O2S.C3H4.2CH3NOS.CH4.H2O/c1-22(20,21)15-5-3-2-4-13(15)16-14(10-18-19-16)11-6-8-12(17)9-7-11;1-3-2;2*2-1(3)4;;/h2-10H,1H3,(H,18,19);1H,2H3;2*(H3,2,3,4);1H4;1H2. The van der Waals surface area contributed by atoms with Crippen LogP contribution in [-0.2, 0) is 9.84 Å². The molecule has 35 heavy (non-hydrogen) atoms. The Balaban J connectivity index is -0.000000673. The van der Waals surface area contributed by atoms with Crippen molar-refractivity contribution in [2.75, 3.05) is 6.26 Å². The normalized spacial score (nSPS) is 8.91. The van der Waals surface area contributed by atoms with Crippen LogP contribution < -0.4 is 11.5 Å². The van der Waals surface area contributed by atoms with Crippen LogP contribution in [0.3, 0.4) is 0 Å². The fourth-order valence-electron chi connectivity index (χ4n) is 2.34. The van der Waals surface area contributed by atoms with Crippen molar-refractivity contribution < 1.29 is 23.5 Å². The molecule has 0 saturated carbocycles. The predicted octanol–water partition coefficient (Wildman–Crippen LogP) is 4.24. The molecule has 192 valence electrons. The summed E-state index contributed by atoms with van der Waals surface area (Å²) in [5.74, 6) is 2.25. The second-order valence-corrected chi connectivity index (χ2v) is 9.20. The fourth-order valence-corrected chi connectivity index (χ4v) is 3.36. The molecular weight excluding hydrogens is 532 g/mol. The second kappa shape index (κ2) is 18.4. The lowest BCUT2D eigenvalue weighted by Crippen LogP contribution is -2.00. The number of nitrogens with one attached hydrogen (secondary N) is 1. The molecular formula is C22H29ClN4O5S3. The van der Waals surface area contributed by atoms with Crippen LogP contribution in [-0.4, -0.2) is 40.8 Å². The third-order valence-corrected chi connectivity index (χ3v) is 4.76. The summed E-state index contributed by atoms with van der Waals surface area (Å²) in [6.07, 6.45) is 7.47. The van der Waals surface area contributed by atoms with Crippen molar-refractivity contribution >= 4 is 57.2 Å². The molecule has 0 spiro atoms. The average molecular weight is 561 g/mol. The van der Waals surface area contributed by atoms with Gasteiger partial charge >= 0.3 is 0 Å². The number of rotatable bonds is 3. The van der Waals surface area contributed by atoms with E-state index in [2.05, 4.69) is 59.3 Å². The number of aromatic nitrogens is 2. The van der Waals surface area contributed by atoms with Gasteiger partial charge in [0.25, 0.3) is 10.5 Å². The zero-order valence-corrected chi connectivity index (χ0v) is 21.6. The van der Waals surface area contributed by atoms with Gasteiger partial charge in [0.1, 0.15) is 0 Å².